The van der Waals surface area contributed by atoms with Crippen LogP contribution in [0.5, 0.6) is 5.88 Å². The van der Waals surface area contributed by atoms with E-state index in [1.165, 1.54) is 29.4 Å². The lowest BCUT2D eigenvalue weighted by Gasteiger charge is -2.30. The highest BCUT2D eigenvalue weighted by Crippen LogP contribution is 2.46. The minimum Gasteiger partial charge on any atom is -0.470 e. The van der Waals surface area contributed by atoms with Gasteiger partial charge in [-0.15, -0.1) is 0 Å². The van der Waals surface area contributed by atoms with Crippen LogP contribution >= 0.6 is 0 Å². The highest BCUT2D eigenvalue weighted by Gasteiger charge is 2.62. The van der Waals surface area contributed by atoms with Crippen molar-refractivity contribution in [2.24, 2.45) is 5.92 Å². The Hall–Kier alpha value is -5.52. The lowest BCUT2D eigenvalue weighted by molar-refractivity contribution is -0.141. The van der Waals surface area contributed by atoms with Crippen LogP contribution in [-0.4, -0.2) is 88.2 Å². The van der Waals surface area contributed by atoms with Crippen molar-refractivity contribution in [2.75, 3.05) is 6.54 Å². The van der Waals surface area contributed by atoms with Gasteiger partial charge in [0.15, 0.2) is 11.6 Å². The summed E-state index contributed by atoms with van der Waals surface area (Å²) in [5.74, 6) is -2.76. The van der Waals surface area contributed by atoms with E-state index in [4.69, 9.17) is 18.3 Å². The predicted octanol–water partition coefficient (Wildman–Crippen LogP) is 5.02. The zero-order chi connectivity index (χ0) is 41.0. The Morgan fingerprint density at radius 2 is 1.90 bits per heavy atom. The predicted molar refractivity (Wildman–Crippen MR) is 206 cm³/mol. The SMILES string of the molecule is CC(C)(C)OC(=O)N[C@H]1CCCCC/C=C\[C@@H]2C[C@@]2(C(=O)NS(=O)(=O)C2CC2)NC(=O)[C@@H]2C[C@@H](Oc3nc(-c4ccco4)nc4c3oc3ccc(F)cc34)CN2C1=O. The number of rotatable bonds is 7. The van der Waals surface area contributed by atoms with Crippen molar-refractivity contribution >= 4 is 55.9 Å². The molecule has 1 saturated heterocycles. The van der Waals surface area contributed by atoms with Gasteiger partial charge in [-0.2, -0.15) is 4.98 Å². The number of halogens is 1. The molecular formula is C40H45FN6O10S. The van der Waals surface area contributed by atoms with Crippen molar-refractivity contribution in [2.45, 2.75) is 113 Å². The number of allylic oxidation sites excluding steroid dienone is 1. The summed E-state index contributed by atoms with van der Waals surface area (Å²) in [7, 11) is -3.94. The molecule has 18 heteroatoms. The quantitative estimate of drug-likeness (QED) is 0.210. The maximum absolute atomic E-state index is 14.6. The summed E-state index contributed by atoms with van der Waals surface area (Å²) in [6.07, 6.45) is 7.39. The van der Waals surface area contributed by atoms with Crippen molar-refractivity contribution in [1.82, 2.24) is 30.2 Å². The average Bonchev–Trinajstić information content (AvgIpc) is 3.95. The van der Waals surface area contributed by atoms with Crippen LogP contribution in [0, 0.1) is 11.7 Å². The lowest BCUT2D eigenvalue weighted by Crippen LogP contribution is -2.58. The molecule has 4 aliphatic rings. The third-order valence-electron chi connectivity index (χ3n) is 10.8. The third-order valence-corrected chi connectivity index (χ3v) is 12.6. The number of nitrogens with one attached hydrogen (secondary N) is 3. The van der Waals surface area contributed by atoms with Gasteiger partial charge in [-0.1, -0.05) is 25.0 Å². The van der Waals surface area contributed by atoms with Gasteiger partial charge in [0, 0.05) is 17.7 Å². The van der Waals surface area contributed by atoms with E-state index < -0.39 is 80.2 Å². The molecule has 2 aliphatic carbocycles. The summed E-state index contributed by atoms with van der Waals surface area (Å²) in [5, 5.41) is 5.25. The molecule has 0 unspecified atom stereocenters. The van der Waals surface area contributed by atoms with E-state index in [1.807, 2.05) is 12.2 Å². The first-order valence-corrected chi connectivity index (χ1v) is 21.1. The Kier molecular flexibility index (Phi) is 10.2. The highest BCUT2D eigenvalue weighted by atomic mass is 32.2. The fourth-order valence-corrected chi connectivity index (χ4v) is 9.01. The molecule has 5 atom stereocenters. The van der Waals surface area contributed by atoms with Crippen molar-refractivity contribution in [3.8, 4) is 17.5 Å². The van der Waals surface area contributed by atoms with E-state index in [1.54, 1.807) is 32.9 Å². The summed E-state index contributed by atoms with van der Waals surface area (Å²) in [4.78, 5) is 66.5. The van der Waals surface area contributed by atoms with E-state index >= 15 is 0 Å². The van der Waals surface area contributed by atoms with Crippen LogP contribution in [0.1, 0.15) is 78.6 Å². The van der Waals surface area contributed by atoms with Crippen molar-refractivity contribution < 1.29 is 50.3 Å². The second-order valence-corrected chi connectivity index (χ2v) is 18.4. The van der Waals surface area contributed by atoms with Crippen LogP contribution in [0.2, 0.25) is 0 Å². The maximum Gasteiger partial charge on any atom is 0.408 e. The van der Waals surface area contributed by atoms with Crippen molar-refractivity contribution in [3.05, 3.63) is 54.6 Å². The Bertz CT molecular complexity index is 2410. The molecule has 58 heavy (non-hydrogen) atoms. The Morgan fingerprint density at radius 1 is 1.09 bits per heavy atom. The molecule has 4 amide bonds. The fraction of sp³-hybridized carbons (Fsp3) is 0.500. The minimum atomic E-state index is -3.94. The van der Waals surface area contributed by atoms with Crippen LogP contribution in [0.25, 0.3) is 33.7 Å². The summed E-state index contributed by atoms with van der Waals surface area (Å²) in [6, 6.07) is 4.96. The van der Waals surface area contributed by atoms with Crippen LogP contribution in [0.15, 0.2) is 57.6 Å². The standard InChI is InChI=1S/C40H45FN6O10S/c1-39(2,3)57-38(51)42-27-11-8-6-4-5-7-10-22-20-40(22,37(50)46-58(52,53)25-14-15-25)45-34(48)28-19-24(21-47(28)36(27)49)55-35-32-31(26-18-23(41)13-16-29(26)56-32)43-33(44-35)30-12-9-17-54-30/h7,9-10,12-13,16-18,22,24-25,27-28H,4-6,8,11,14-15,19-21H2,1-3H3,(H,42,51)(H,45,48)(H,46,50)/b10-7-/t22-,24-,27+,28+,40-/m1/s1. The number of alkyl carbamates (subject to hydrolysis) is 1. The molecule has 8 rings (SSSR count). The van der Waals surface area contributed by atoms with E-state index in [0.29, 0.717) is 42.4 Å². The number of carbonyl (C=O) groups is 4. The van der Waals surface area contributed by atoms with E-state index in [2.05, 4.69) is 25.3 Å². The second-order valence-electron chi connectivity index (χ2n) is 16.4. The molecule has 0 bridgehead atoms. The molecular weight excluding hydrogens is 776 g/mol. The number of sulfonamides is 1. The van der Waals surface area contributed by atoms with Crippen molar-refractivity contribution in [3.63, 3.8) is 0 Å². The molecule has 2 saturated carbocycles. The molecule has 3 aromatic heterocycles. The van der Waals surface area contributed by atoms with Gasteiger partial charge in [-0.25, -0.2) is 22.6 Å². The molecule has 0 spiro atoms. The number of hydrogen-bond acceptors (Lipinski definition) is 12. The van der Waals surface area contributed by atoms with E-state index in [-0.39, 0.29) is 48.6 Å². The average molecular weight is 821 g/mol. The molecule has 5 heterocycles. The Balaban J connectivity index is 1.14. The fourth-order valence-electron chi connectivity index (χ4n) is 7.64. The molecule has 3 fully saturated rings. The monoisotopic (exact) mass is 820 g/mol. The van der Waals surface area contributed by atoms with Gasteiger partial charge in [0.1, 0.15) is 46.2 Å². The molecule has 2 aliphatic heterocycles. The van der Waals surface area contributed by atoms with Crippen LogP contribution in [0.3, 0.4) is 0 Å². The summed E-state index contributed by atoms with van der Waals surface area (Å²) in [6.45, 7) is 4.95. The van der Waals surface area contributed by atoms with Crippen LogP contribution in [-0.2, 0) is 29.1 Å². The van der Waals surface area contributed by atoms with E-state index in [0.717, 1.165) is 12.8 Å². The topological polar surface area (TPSA) is 212 Å². The summed E-state index contributed by atoms with van der Waals surface area (Å²) in [5.41, 5.74) is -1.76. The number of furan rings is 2. The maximum atomic E-state index is 14.6. The number of carbonyl (C=O) groups excluding carboxylic acids is 4. The molecule has 16 nitrogen and oxygen atoms in total. The number of amides is 4. The van der Waals surface area contributed by atoms with Crippen LogP contribution < -0.4 is 20.1 Å². The van der Waals surface area contributed by atoms with Gasteiger partial charge in [-0.05, 0) is 89.6 Å². The zero-order valence-electron chi connectivity index (χ0n) is 32.3. The van der Waals surface area contributed by atoms with Crippen molar-refractivity contribution in [1.29, 1.82) is 0 Å². The number of nitrogens with zero attached hydrogens (tertiary/aromatic N) is 3. The second kappa shape index (κ2) is 15.0. The normalized spacial score (nSPS) is 26.2. The molecule has 308 valence electrons. The first-order chi connectivity index (χ1) is 27.6. The first kappa shape index (κ1) is 39.3. The van der Waals surface area contributed by atoms with Gasteiger partial charge >= 0.3 is 6.09 Å². The number of benzene rings is 1. The number of aromatic nitrogens is 2. The van der Waals surface area contributed by atoms with Gasteiger partial charge in [0.2, 0.25) is 27.4 Å². The summed E-state index contributed by atoms with van der Waals surface area (Å²) >= 11 is 0. The third kappa shape index (κ3) is 8.11. The Morgan fingerprint density at radius 3 is 2.64 bits per heavy atom. The van der Waals surface area contributed by atoms with Gasteiger partial charge in [0.25, 0.3) is 11.8 Å². The zero-order valence-corrected chi connectivity index (χ0v) is 33.1. The largest absolute Gasteiger partial charge is 0.470 e. The van der Waals surface area contributed by atoms with Gasteiger partial charge in [-0.3, -0.25) is 19.1 Å². The van der Waals surface area contributed by atoms with E-state index in [9.17, 15) is 32.0 Å². The highest BCUT2D eigenvalue weighted by molar-refractivity contribution is 7.91. The number of fused-ring (bicyclic) bond motifs is 5. The molecule has 1 aromatic carbocycles. The summed E-state index contributed by atoms with van der Waals surface area (Å²) < 4.78 is 66.0. The van der Waals surface area contributed by atoms with Gasteiger partial charge in [0.05, 0.1) is 18.1 Å². The smallest absolute Gasteiger partial charge is 0.408 e. The lowest BCUT2D eigenvalue weighted by atomic mass is 10.0. The number of ether oxygens (including phenoxy) is 2. The molecule has 0 radical (unpaired) electrons. The number of hydrogen-bond donors (Lipinski definition) is 3. The Labute approximate surface area is 333 Å². The van der Waals surface area contributed by atoms with Crippen LogP contribution in [0.4, 0.5) is 9.18 Å². The first-order valence-electron chi connectivity index (χ1n) is 19.6. The van der Waals surface area contributed by atoms with Gasteiger partial charge < -0.3 is 33.8 Å². The molecule has 4 aromatic rings. The molecule has 3 N–H and O–H groups in total. The minimum absolute atomic E-state index is 0.0504.